The molecular formula is C16H28N2O. The normalized spacial score (nSPS) is 20.8. The smallest absolute Gasteiger partial charge is 0.108 e. The van der Waals surface area contributed by atoms with E-state index in [1.54, 1.807) is 0 Å². The Kier molecular flexibility index (Phi) is 5.06. The molecule has 2 atom stereocenters. The van der Waals surface area contributed by atoms with Gasteiger partial charge in [0, 0.05) is 30.6 Å². The van der Waals surface area contributed by atoms with Crippen LogP contribution in [0.5, 0.6) is 0 Å². The van der Waals surface area contributed by atoms with Gasteiger partial charge in [-0.2, -0.15) is 0 Å². The second-order valence-corrected chi connectivity index (χ2v) is 6.40. The van der Waals surface area contributed by atoms with Crippen LogP contribution in [0.15, 0.2) is 16.7 Å². The molecule has 0 amide bonds. The quantitative estimate of drug-likeness (QED) is 0.855. The molecule has 0 radical (unpaired) electrons. The van der Waals surface area contributed by atoms with E-state index in [1.807, 2.05) is 6.26 Å². The van der Waals surface area contributed by atoms with Crippen molar-refractivity contribution in [2.24, 2.45) is 5.92 Å². The topological polar surface area (TPSA) is 28.4 Å². The van der Waals surface area contributed by atoms with Gasteiger partial charge in [-0.25, -0.2) is 0 Å². The summed E-state index contributed by atoms with van der Waals surface area (Å²) in [6, 6.07) is 3.23. The molecule has 0 saturated heterocycles. The van der Waals surface area contributed by atoms with Crippen LogP contribution < -0.4 is 5.32 Å². The van der Waals surface area contributed by atoms with Gasteiger partial charge in [0.05, 0.1) is 6.26 Å². The predicted molar refractivity (Wildman–Crippen MR) is 79.3 cm³/mol. The number of fused-ring (bicyclic) bond motifs is 1. The molecular weight excluding hydrogens is 236 g/mol. The molecule has 0 spiro atoms. The van der Waals surface area contributed by atoms with E-state index in [2.05, 4.69) is 44.2 Å². The summed E-state index contributed by atoms with van der Waals surface area (Å²) in [6.45, 7) is 5.65. The van der Waals surface area contributed by atoms with E-state index in [1.165, 1.54) is 30.6 Å². The Balaban J connectivity index is 1.91. The lowest BCUT2D eigenvalue weighted by atomic mass is 9.93. The average Bonchev–Trinajstić information content (AvgIpc) is 2.82. The first-order valence-corrected chi connectivity index (χ1v) is 7.54. The van der Waals surface area contributed by atoms with Crippen LogP contribution in [0.2, 0.25) is 0 Å². The highest BCUT2D eigenvalue weighted by molar-refractivity contribution is 5.24. The Bertz CT molecular complexity index is 384. The third-order valence-electron chi connectivity index (χ3n) is 4.13. The van der Waals surface area contributed by atoms with Crippen molar-refractivity contribution in [2.45, 2.75) is 51.6 Å². The van der Waals surface area contributed by atoms with Gasteiger partial charge in [-0.05, 0) is 45.3 Å². The molecule has 1 aliphatic carbocycles. The van der Waals surface area contributed by atoms with Crippen LogP contribution in [-0.2, 0) is 6.42 Å². The maximum absolute atomic E-state index is 5.55. The standard InChI is InChI=1S/C16H28N2O/c1-12(2)10-13(18(3)4)11-17-15-6-5-7-16-14(15)8-9-19-16/h8-9,12-13,15,17H,5-7,10-11H2,1-4H3. The summed E-state index contributed by atoms with van der Waals surface area (Å²) in [5.74, 6) is 1.93. The van der Waals surface area contributed by atoms with Crippen molar-refractivity contribution in [1.82, 2.24) is 10.2 Å². The van der Waals surface area contributed by atoms with Gasteiger partial charge < -0.3 is 14.6 Å². The molecule has 1 aromatic rings. The summed E-state index contributed by atoms with van der Waals surface area (Å²) in [6.07, 6.45) is 6.64. The molecule has 2 unspecified atom stereocenters. The maximum atomic E-state index is 5.55. The Labute approximate surface area is 117 Å². The van der Waals surface area contributed by atoms with Gasteiger partial charge in [0.1, 0.15) is 5.76 Å². The molecule has 3 nitrogen and oxygen atoms in total. The van der Waals surface area contributed by atoms with E-state index in [0.29, 0.717) is 12.1 Å². The fraction of sp³-hybridized carbons (Fsp3) is 0.750. The average molecular weight is 264 g/mol. The van der Waals surface area contributed by atoms with Crippen LogP contribution in [0, 0.1) is 5.92 Å². The number of nitrogens with zero attached hydrogens (tertiary/aromatic N) is 1. The first-order valence-electron chi connectivity index (χ1n) is 7.54. The molecule has 0 aliphatic heterocycles. The van der Waals surface area contributed by atoms with Crippen molar-refractivity contribution in [3.8, 4) is 0 Å². The van der Waals surface area contributed by atoms with Crippen molar-refractivity contribution < 1.29 is 4.42 Å². The van der Waals surface area contributed by atoms with Crippen molar-refractivity contribution in [1.29, 1.82) is 0 Å². The van der Waals surface area contributed by atoms with Gasteiger partial charge in [0.15, 0.2) is 0 Å². The summed E-state index contributed by atoms with van der Waals surface area (Å²) >= 11 is 0. The molecule has 0 saturated carbocycles. The Hall–Kier alpha value is -0.800. The fourth-order valence-corrected chi connectivity index (χ4v) is 3.00. The van der Waals surface area contributed by atoms with E-state index >= 15 is 0 Å². The minimum absolute atomic E-state index is 0.483. The number of hydrogen-bond acceptors (Lipinski definition) is 3. The Morgan fingerprint density at radius 3 is 2.89 bits per heavy atom. The zero-order chi connectivity index (χ0) is 13.8. The van der Waals surface area contributed by atoms with Crippen LogP contribution in [0.1, 0.15) is 50.5 Å². The molecule has 0 aromatic carbocycles. The van der Waals surface area contributed by atoms with Gasteiger partial charge >= 0.3 is 0 Å². The zero-order valence-corrected chi connectivity index (χ0v) is 12.8. The van der Waals surface area contributed by atoms with Crippen molar-refractivity contribution >= 4 is 0 Å². The molecule has 1 aromatic heterocycles. The minimum Gasteiger partial charge on any atom is -0.469 e. The lowest BCUT2D eigenvalue weighted by molar-refractivity contribution is 0.236. The molecule has 1 heterocycles. The molecule has 2 rings (SSSR count). The van der Waals surface area contributed by atoms with Crippen LogP contribution in [0.4, 0.5) is 0 Å². The molecule has 0 fully saturated rings. The molecule has 19 heavy (non-hydrogen) atoms. The highest BCUT2D eigenvalue weighted by atomic mass is 16.3. The monoisotopic (exact) mass is 264 g/mol. The Morgan fingerprint density at radius 2 is 2.21 bits per heavy atom. The first-order chi connectivity index (χ1) is 9.08. The van der Waals surface area contributed by atoms with Crippen molar-refractivity contribution in [2.75, 3.05) is 20.6 Å². The molecule has 1 N–H and O–H groups in total. The second-order valence-electron chi connectivity index (χ2n) is 6.40. The van der Waals surface area contributed by atoms with E-state index in [9.17, 15) is 0 Å². The SMILES string of the molecule is CC(C)CC(CNC1CCCc2occc21)N(C)C. The molecule has 3 heteroatoms. The van der Waals surface area contributed by atoms with Crippen LogP contribution >= 0.6 is 0 Å². The third-order valence-corrected chi connectivity index (χ3v) is 4.13. The lowest BCUT2D eigenvalue weighted by Crippen LogP contribution is -2.40. The number of furan rings is 1. The number of hydrogen-bond donors (Lipinski definition) is 1. The summed E-state index contributed by atoms with van der Waals surface area (Å²) in [4.78, 5) is 2.34. The van der Waals surface area contributed by atoms with Crippen LogP contribution in [-0.4, -0.2) is 31.6 Å². The van der Waals surface area contributed by atoms with Gasteiger partial charge in [-0.15, -0.1) is 0 Å². The summed E-state index contributed by atoms with van der Waals surface area (Å²) in [5, 5.41) is 3.75. The highest BCUT2D eigenvalue weighted by Crippen LogP contribution is 2.30. The van der Waals surface area contributed by atoms with E-state index in [4.69, 9.17) is 4.42 Å². The van der Waals surface area contributed by atoms with Crippen molar-refractivity contribution in [3.05, 3.63) is 23.7 Å². The van der Waals surface area contributed by atoms with Gasteiger partial charge in [0.2, 0.25) is 0 Å². The van der Waals surface area contributed by atoms with Crippen molar-refractivity contribution in [3.63, 3.8) is 0 Å². The number of nitrogens with one attached hydrogen (secondary N) is 1. The number of likely N-dealkylation sites (N-methyl/N-ethyl adjacent to an activating group) is 1. The van der Waals surface area contributed by atoms with Gasteiger partial charge in [-0.3, -0.25) is 0 Å². The number of rotatable bonds is 6. The molecule has 1 aliphatic rings. The fourth-order valence-electron chi connectivity index (χ4n) is 3.00. The van der Waals surface area contributed by atoms with Gasteiger partial charge in [-0.1, -0.05) is 13.8 Å². The Morgan fingerprint density at radius 1 is 1.42 bits per heavy atom. The summed E-state index contributed by atoms with van der Waals surface area (Å²) in [7, 11) is 4.36. The second kappa shape index (κ2) is 6.58. The summed E-state index contributed by atoms with van der Waals surface area (Å²) in [5.41, 5.74) is 1.38. The lowest BCUT2D eigenvalue weighted by Gasteiger charge is -2.30. The largest absolute Gasteiger partial charge is 0.469 e. The third kappa shape index (κ3) is 3.83. The molecule has 0 bridgehead atoms. The van der Waals surface area contributed by atoms with E-state index in [0.717, 1.165) is 18.9 Å². The van der Waals surface area contributed by atoms with E-state index < -0.39 is 0 Å². The van der Waals surface area contributed by atoms with Crippen LogP contribution in [0.25, 0.3) is 0 Å². The maximum Gasteiger partial charge on any atom is 0.108 e. The van der Waals surface area contributed by atoms with Crippen LogP contribution in [0.3, 0.4) is 0 Å². The predicted octanol–water partition coefficient (Wildman–Crippen LogP) is 3.22. The number of aryl methyl sites for hydroxylation is 1. The van der Waals surface area contributed by atoms with Gasteiger partial charge in [0.25, 0.3) is 0 Å². The first kappa shape index (κ1) is 14.6. The zero-order valence-electron chi connectivity index (χ0n) is 12.8. The highest BCUT2D eigenvalue weighted by Gasteiger charge is 2.23. The van der Waals surface area contributed by atoms with E-state index in [-0.39, 0.29) is 0 Å². The minimum atomic E-state index is 0.483. The summed E-state index contributed by atoms with van der Waals surface area (Å²) < 4.78 is 5.55. The molecule has 108 valence electrons.